The monoisotopic (exact) mass is 1850 g/mol. The van der Waals surface area contributed by atoms with Gasteiger partial charge in [-0.2, -0.15) is 0 Å². The summed E-state index contributed by atoms with van der Waals surface area (Å²) < 4.78 is 0. The van der Waals surface area contributed by atoms with Crippen molar-refractivity contribution in [2.75, 3.05) is 118 Å². The van der Waals surface area contributed by atoms with Crippen LogP contribution in [0.5, 0.6) is 0 Å². The van der Waals surface area contributed by atoms with Gasteiger partial charge in [0.1, 0.15) is 0 Å². The highest BCUT2D eigenvalue weighted by molar-refractivity contribution is 5.76. The van der Waals surface area contributed by atoms with Gasteiger partial charge in [-0.25, -0.2) is 0 Å². The van der Waals surface area contributed by atoms with Gasteiger partial charge < -0.3 is 57.6 Å². The maximum Gasteiger partial charge on any atom is 0.221 e. The van der Waals surface area contributed by atoms with E-state index in [1.807, 2.05) is 0 Å². The van der Waals surface area contributed by atoms with Crippen molar-refractivity contribution in [3.8, 4) is 0 Å². The molecule has 0 radical (unpaired) electrons. The molecule has 0 aromatic heterocycles. The Bertz CT molecular complexity index is 2160. The number of unbranched alkanes of at least 4 members (excludes halogenated alkanes) is 72. The third kappa shape index (κ3) is 105. The fourth-order valence-corrected chi connectivity index (χ4v) is 19.2. The highest BCUT2D eigenvalue weighted by Crippen LogP contribution is 2.22. The summed E-state index contributed by atoms with van der Waals surface area (Å²) in [5.41, 5.74) is 11.5. The van der Waals surface area contributed by atoms with Crippen LogP contribution in [0.25, 0.3) is 0 Å². The molecule has 784 valence electrons. The number of aliphatic hydroxyl groups is 2. The smallest absolute Gasteiger partial charge is 0.221 e. The van der Waals surface area contributed by atoms with Crippen LogP contribution in [0.4, 0.5) is 0 Å². The highest BCUT2D eigenvalue weighted by Gasteiger charge is 2.22. The van der Waals surface area contributed by atoms with Crippen molar-refractivity contribution >= 4 is 17.7 Å². The zero-order valence-electron chi connectivity index (χ0n) is 90.1. The first kappa shape index (κ1) is 131. The molecule has 15 heteroatoms. The van der Waals surface area contributed by atoms with Gasteiger partial charge in [-0.3, -0.25) is 19.3 Å². The molecular formula is C116H240N10O5. The second-order valence-electron chi connectivity index (χ2n) is 41.3. The first-order valence-corrected chi connectivity index (χ1v) is 59.7. The molecule has 15 nitrogen and oxygen atoms in total. The van der Waals surface area contributed by atoms with E-state index in [9.17, 15) is 24.6 Å². The molecule has 0 bridgehead atoms. The number of nitrogens with zero attached hydrogens (tertiary/aromatic N) is 4. The zero-order chi connectivity index (χ0) is 95.4. The molecule has 3 amide bonds. The Morgan fingerprint density at radius 3 is 0.649 bits per heavy atom. The summed E-state index contributed by atoms with van der Waals surface area (Å²) in [5, 5.41) is 33.4. The number of hydrogen-bond acceptors (Lipinski definition) is 12. The van der Waals surface area contributed by atoms with Crippen molar-refractivity contribution in [3.05, 3.63) is 0 Å². The van der Waals surface area contributed by atoms with Gasteiger partial charge in [-0.1, -0.05) is 504 Å². The Labute approximate surface area is 820 Å². The predicted molar refractivity (Wildman–Crippen MR) is 579 cm³/mol. The van der Waals surface area contributed by atoms with E-state index >= 15 is 0 Å². The van der Waals surface area contributed by atoms with Crippen molar-refractivity contribution in [3.63, 3.8) is 0 Å². The van der Waals surface area contributed by atoms with E-state index in [1.165, 1.54) is 495 Å². The van der Waals surface area contributed by atoms with Crippen molar-refractivity contribution < 1.29 is 24.6 Å². The Kier molecular flexibility index (Phi) is 113. The van der Waals surface area contributed by atoms with Gasteiger partial charge in [-0.15, -0.1) is 0 Å². The number of amides is 3. The Hall–Kier alpha value is -1.95. The van der Waals surface area contributed by atoms with Crippen LogP contribution in [0.3, 0.4) is 0 Å². The van der Waals surface area contributed by atoms with E-state index in [2.05, 4.69) is 89.3 Å². The molecule has 2 unspecified atom stereocenters. The lowest BCUT2D eigenvalue weighted by atomic mass is 10.0. The van der Waals surface area contributed by atoms with Crippen LogP contribution in [0.15, 0.2) is 0 Å². The molecule has 2 atom stereocenters. The number of nitrogens with two attached hydrogens (primary N) is 2. The number of carbonyl (C=O) groups excluding carboxylic acids is 3. The Balaban J connectivity index is 0. The van der Waals surface area contributed by atoms with E-state index < -0.39 is 12.2 Å². The van der Waals surface area contributed by atoms with Crippen LogP contribution < -0.4 is 32.7 Å². The fraction of sp³-hybridized carbons (Fsp3) is 0.974. The van der Waals surface area contributed by atoms with Crippen molar-refractivity contribution in [1.82, 2.24) is 40.9 Å². The molecule has 1 fully saturated rings. The minimum Gasteiger partial charge on any atom is -0.390 e. The molecule has 0 aromatic rings. The molecule has 1 saturated heterocycles. The molecule has 1 aliphatic rings. The molecule has 0 aliphatic carbocycles. The van der Waals surface area contributed by atoms with Gasteiger partial charge >= 0.3 is 0 Å². The second kappa shape index (κ2) is 113. The summed E-state index contributed by atoms with van der Waals surface area (Å²) in [6.07, 6.45) is 111. The standard InChI is InChI=1S/C50H104N4O2.C34H69N3O.C32H67N3O2/c1-4-7-10-13-16-19-22-24-27-30-33-36-42-53(46-40-50(56)52-41-35-32-29-26-21-18-15-12-9-6-3)43-38-39-45-54(48-49(55)47-51)44-37-34-31-28-25-23-20-17-14-11-8-5-2;1-3-5-7-9-11-13-15-16-18-20-22-24-31-37(33-25-29-35-30-26-33)32-27-34(38)36-28-23-21-19-17-14-12-10-8-6-4-2;1-3-5-7-9-11-13-15-16-18-20-22-24-27-35(30-31(36)29-33)28-25-32(37)34-26-23-21-19-17-14-12-10-8-6-4-2/h49,55H,4-48,51H2,1-3H3,(H,52,56);33,35H,3-32H2,1-2H3,(H,36,38);31,36H,3-30,33H2,1-2H3,(H,34,37). The third-order valence-corrected chi connectivity index (χ3v) is 28.3. The lowest BCUT2D eigenvalue weighted by Crippen LogP contribution is -2.45. The van der Waals surface area contributed by atoms with Gasteiger partial charge in [0, 0.05) is 90.8 Å². The Morgan fingerprint density at radius 2 is 0.420 bits per heavy atom. The molecule has 0 spiro atoms. The topological polar surface area (TPSA) is 205 Å². The third-order valence-electron chi connectivity index (χ3n) is 28.3. The number of hydrogen-bond donors (Lipinski definition) is 8. The zero-order valence-corrected chi connectivity index (χ0v) is 90.1. The molecular weight excluding hydrogens is 1610 g/mol. The maximum atomic E-state index is 12.8. The summed E-state index contributed by atoms with van der Waals surface area (Å²) in [5.74, 6) is 0.623. The van der Waals surface area contributed by atoms with Crippen LogP contribution in [-0.2, 0) is 14.4 Å². The number of piperidine rings is 1. The lowest BCUT2D eigenvalue weighted by molar-refractivity contribution is -0.122. The summed E-state index contributed by atoms with van der Waals surface area (Å²) in [4.78, 5) is 47.6. The fourth-order valence-electron chi connectivity index (χ4n) is 19.2. The molecule has 1 rings (SSSR count). The number of nitrogens with one attached hydrogen (secondary N) is 4. The van der Waals surface area contributed by atoms with E-state index in [0.717, 1.165) is 117 Å². The number of carbonyl (C=O) groups is 3. The quantitative estimate of drug-likeness (QED) is 0.0268. The van der Waals surface area contributed by atoms with Gasteiger partial charge in [0.05, 0.1) is 12.2 Å². The largest absolute Gasteiger partial charge is 0.390 e. The minimum absolute atomic E-state index is 0.137. The van der Waals surface area contributed by atoms with Crippen LogP contribution in [-0.4, -0.2) is 184 Å². The van der Waals surface area contributed by atoms with Gasteiger partial charge in [0.25, 0.3) is 0 Å². The number of aliphatic hydroxyl groups excluding tert-OH is 2. The predicted octanol–water partition coefficient (Wildman–Crippen LogP) is 30.4. The number of rotatable bonds is 106. The van der Waals surface area contributed by atoms with Crippen molar-refractivity contribution in [1.29, 1.82) is 0 Å². The molecule has 0 saturated carbocycles. The average molecular weight is 1860 g/mol. The average Bonchev–Trinajstić information content (AvgIpc) is 0.894. The van der Waals surface area contributed by atoms with E-state index in [1.54, 1.807) is 0 Å². The maximum absolute atomic E-state index is 12.8. The summed E-state index contributed by atoms with van der Waals surface area (Å²) >= 11 is 0. The normalized spacial score (nSPS) is 12.9. The second-order valence-corrected chi connectivity index (χ2v) is 41.3. The van der Waals surface area contributed by atoms with E-state index in [4.69, 9.17) is 11.5 Å². The van der Waals surface area contributed by atoms with Gasteiger partial charge in [0.15, 0.2) is 0 Å². The lowest BCUT2D eigenvalue weighted by Gasteiger charge is -2.34. The SMILES string of the molecule is CCCCCCCCCCCCCCN(CCC(=O)NCCCCCCCCCCCC)C1CCNCC1.CCCCCCCCCCCCCCN(CCC(=O)NCCCCCCCCCCCC)CC(O)CN.CCCCCCCCCCCCCCN(CCCCN(CCCCCCCCCCCCCC)CC(O)CN)CCC(=O)NCCCCCCCCCCCC. The van der Waals surface area contributed by atoms with Crippen LogP contribution in [0, 0.1) is 0 Å². The summed E-state index contributed by atoms with van der Waals surface area (Å²) in [7, 11) is 0. The molecule has 1 heterocycles. The first-order valence-electron chi connectivity index (χ1n) is 59.7. The minimum atomic E-state index is -0.507. The van der Waals surface area contributed by atoms with E-state index in [-0.39, 0.29) is 24.3 Å². The molecule has 10 N–H and O–H groups in total. The van der Waals surface area contributed by atoms with Crippen molar-refractivity contribution in [2.24, 2.45) is 11.5 Å². The van der Waals surface area contributed by atoms with Crippen molar-refractivity contribution in [2.45, 2.75) is 612 Å². The van der Waals surface area contributed by atoms with Crippen LogP contribution >= 0.6 is 0 Å². The molecule has 1 aliphatic heterocycles. The van der Waals surface area contributed by atoms with Gasteiger partial charge in [0.2, 0.25) is 17.7 Å². The first-order chi connectivity index (χ1) is 64.5. The molecule has 131 heavy (non-hydrogen) atoms. The summed E-state index contributed by atoms with van der Waals surface area (Å²) in [6, 6.07) is 0.665. The van der Waals surface area contributed by atoms with Crippen LogP contribution in [0.1, 0.15) is 594 Å². The van der Waals surface area contributed by atoms with E-state index in [0.29, 0.717) is 51.5 Å². The highest BCUT2D eigenvalue weighted by atomic mass is 16.3. The molecule has 0 aromatic carbocycles. The summed E-state index contributed by atoms with van der Waals surface area (Å²) in [6.45, 7) is 31.5. The van der Waals surface area contributed by atoms with Gasteiger partial charge in [-0.05, 0) is 123 Å². The van der Waals surface area contributed by atoms with Crippen LogP contribution in [0.2, 0.25) is 0 Å². The Morgan fingerprint density at radius 1 is 0.244 bits per heavy atom.